The predicted octanol–water partition coefficient (Wildman–Crippen LogP) is 4.12. The molecule has 0 aliphatic rings. The molecule has 7 nitrogen and oxygen atoms in total. The normalized spacial score (nSPS) is 11.6. The van der Waals surface area contributed by atoms with E-state index in [1.807, 2.05) is 36.4 Å². The van der Waals surface area contributed by atoms with E-state index in [9.17, 15) is 18.5 Å². The molecule has 3 aromatic carbocycles. The number of nitrogens with zero attached hydrogens (tertiary/aromatic N) is 2. The Hall–Kier alpha value is -3.49. The zero-order valence-corrected chi connectivity index (χ0v) is 17.5. The highest BCUT2D eigenvalue weighted by Crippen LogP contribution is 2.23. The zero-order chi connectivity index (χ0) is 21.8. The molecule has 0 spiro atoms. The quantitative estimate of drug-likeness (QED) is 0.333. The van der Waals surface area contributed by atoms with Crippen molar-refractivity contribution in [1.29, 1.82) is 0 Å². The summed E-state index contributed by atoms with van der Waals surface area (Å²) in [7, 11) is -3.75. The minimum absolute atomic E-state index is 0.00426. The summed E-state index contributed by atoms with van der Waals surface area (Å²) in [6.45, 7) is 0.953. The molecule has 4 aromatic rings. The topological polar surface area (TPSA) is 94.2 Å². The van der Waals surface area contributed by atoms with E-state index < -0.39 is 14.9 Å². The van der Waals surface area contributed by atoms with E-state index in [1.54, 1.807) is 0 Å². The van der Waals surface area contributed by atoms with Crippen molar-refractivity contribution < 1.29 is 13.3 Å². The number of hydrogen-bond donors (Lipinski definition) is 1. The summed E-state index contributed by atoms with van der Waals surface area (Å²) in [4.78, 5) is 10.2. The fraction of sp³-hybridized carbons (Fsp3) is 0.130. The summed E-state index contributed by atoms with van der Waals surface area (Å²) in [6.07, 6.45) is 2.59. The third kappa shape index (κ3) is 4.65. The van der Waals surface area contributed by atoms with Crippen molar-refractivity contribution in [3.8, 4) is 0 Å². The van der Waals surface area contributed by atoms with Crippen LogP contribution in [0.4, 0.5) is 5.69 Å². The van der Waals surface area contributed by atoms with Crippen LogP contribution in [-0.2, 0) is 23.0 Å². The molecule has 0 atom stereocenters. The van der Waals surface area contributed by atoms with Crippen LogP contribution in [0.15, 0.2) is 90.0 Å². The first-order valence-electron chi connectivity index (χ1n) is 9.79. The molecular weight excluding hydrogens is 414 g/mol. The molecule has 1 aromatic heterocycles. The van der Waals surface area contributed by atoms with Gasteiger partial charge in [0.1, 0.15) is 0 Å². The van der Waals surface area contributed by atoms with Gasteiger partial charge in [0.05, 0.1) is 9.82 Å². The van der Waals surface area contributed by atoms with Crippen LogP contribution in [0.3, 0.4) is 0 Å². The van der Waals surface area contributed by atoms with Gasteiger partial charge in [0.2, 0.25) is 10.0 Å². The Balaban J connectivity index is 1.49. The van der Waals surface area contributed by atoms with Crippen LogP contribution < -0.4 is 4.72 Å². The average Bonchev–Trinajstić information content (AvgIpc) is 3.12. The number of benzene rings is 3. The molecule has 0 saturated carbocycles. The summed E-state index contributed by atoms with van der Waals surface area (Å²) in [5.74, 6) is 0. The van der Waals surface area contributed by atoms with Gasteiger partial charge >= 0.3 is 0 Å². The number of nitrogens with one attached hydrogen (secondary N) is 1. The second-order valence-corrected chi connectivity index (χ2v) is 8.95. The standard InChI is InChI=1S/C23H21N3O4S/c27-26(28)20-10-12-21(13-11-20)31(29,30)24-15-14-19-17-25(16-18-6-2-1-3-7-18)23-9-5-4-8-22(19)23/h1-13,17,24H,14-16H2. The van der Waals surface area contributed by atoms with Gasteiger partial charge in [-0.25, -0.2) is 13.1 Å². The van der Waals surface area contributed by atoms with Gasteiger partial charge in [-0.1, -0.05) is 48.5 Å². The van der Waals surface area contributed by atoms with E-state index in [0.29, 0.717) is 6.42 Å². The Morgan fingerprint density at radius 1 is 0.903 bits per heavy atom. The predicted molar refractivity (Wildman–Crippen MR) is 119 cm³/mol. The van der Waals surface area contributed by atoms with Crippen LogP contribution in [0.25, 0.3) is 10.9 Å². The van der Waals surface area contributed by atoms with E-state index in [4.69, 9.17) is 0 Å². The minimum Gasteiger partial charge on any atom is -0.343 e. The Kier molecular flexibility index (Phi) is 5.83. The van der Waals surface area contributed by atoms with Crippen LogP contribution in [0.1, 0.15) is 11.1 Å². The van der Waals surface area contributed by atoms with Crippen molar-refractivity contribution in [3.05, 3.63) is 106 Å². The lowest BCUT2D eigenvalue weighted by atomic mass is 10.1. The smallest absolute Gasteiger partial charge is 0.269 e. The molecule has 1 N–H and O–H groups in total. The fourth-order valence-corrected chi connectivity index (χ4v) is 4.62. The lowest BCUT2D eigenvalue weighted by Gasteiger charge is -2.06. The molecule has 31 heavy (non-hydrogen) atoms. The highest BCUT2D eigenvalue weighted by atomic mass is 32.2. The second-order valence-electron chi connectivity index (χ2n) is 7.18. The zero-order valence-electron chi connectivity index (χ0n) is 16.6. The number of nitro benzene ring substituents is 1. The summed E-state index contributed by atoms with van der Waals surface area (Å²) in [6, 6.07) is 23.1. The van der Waals surface area contributed by atoms with Crippen LogP contribution >= 0.6 is 0 Å². The fourth-order valence-electron chi connectivity index (χ4n) is 3.58. The Morgan fingerprint density at radius 3 is 2.29 bits per heavy atom. The largest absolute Gasteiger partial charge is 0.343 e. The molecular formula is C23H21N3O4S. The van der Waals surface area contributed by atoms with Gasteiger partial charge in [-0.3, -0.25) is 10.1 Å². The van der Waals surface area contributed by atoms with Gasteiger partial charge in [0.15, 0.2) is 0 Å². The SMILES string of the molecule is O=[N+]([O-])c1ccc(S(=O)(=O)NCCc2cn(Cc3ccccc3)c3ccccc23)cc1. The van der Waals surface area contributed by atoms with Gasteiger partial charge in [-0.05, 0) is 35.7 Å². The molecule has 0 aliphatic carbocycles. The second kappa shape index (κ2) is 8.71. The lowest BCUT2D eigenvalue weighted by Crippen LogP contribution is -2.25. The molecule has 158 valence electrons. The summed E-state index contributed by atoms with van der Waals surface area (Å²) in [5.41, 5.74) is 3.19. The van der Waals surface area contributed by atoms with Crippen molar-refractivity contribution in [3.63, 3.8) is 0 Å². The summed E-state index contributed by atoms with van der Waals surface area (Å²) in [5, 5.41) is 11.8. The number of sulfonamides is 1. The van der Waals surface area contributed by atoms with E-state index in [2.05, 4.69) is 33.7 Å². The number of hydrogen-bond acceptors (Lipinski definition) is 4. The van der Waals surface area contributed by atoms with Crippen molar-refractivity contribution in [2.24, 2.45) is 0 Å². The molecule has 0 aliphatic heterocycles. The molecule has 8 heteroatoms. The summed E-state index contributed by atoms with van der Waals surface area (Å²) >= 11 is 0. The maximum absolute atomic E-state index is 12.5. The lowest BCUT2D eigenvalue weighted by molar-refractivity contribution is -0.384. The van der Waals surface area contributed by atoms with Gasteiger partial charge in [-0.15, -0.1) is 0 Å². The van der Waals surface area contributed by atoms with Crippen LogP contribution in [0.2, 0.25) is 0 Å². The molecule has 0 radical (unpaired) electrons. The van der Waals surface area contributed by atoms with Gasteiger partial charge in [-0.2, -0.15) is 0 Å². The third-order valence-electron chi connectivity index (χ3n) is 5.11. The number of non-ortho nitro benzene ring substituents is 1. The number of aromatic nitrogens is 1. The van der Waals surface area contributed by atoms with Gasteiger partial charge in [0, 0.05) is 42.3 Å². The molecule has 1 heterocycles. The van der Waals surface area contributed by atoms with Crippen molar-refractivity contribution >= 4 is 26.6 Å². The maximum Gasteiger partial charge on any atom is 0.269 e. The molecule has 0 fully saturated rings. The molecule has 4 rings (SSSR count). The van der Waals surface area contributed by atoms with E-state index >= 15 is 0 Å². The van der Waals surface area contributed by atoms with Crippen LogP contribution in [0, 0.1) is 10.1 Å². The van der Waals surface area contributed by atoms with Crippen molar-refractivity contribution in [1.82, 2.24) is 9.29 Å². The highest BCUT2D eigenvalue weighted by Gasteiger charge is 2.16. The monoisotopic (exact) mass is 435 g/mol. The molecule has 0 amide bonds. The van der Waals surface area contributed by atoms with Crippen molar-refractivity contribution in [2.45, 2.75) is 17.9 Å². The number of fused-ring (bicyclic) bond motifs is 1. The van der Waals surface area contributed by atoms with Crippen molar-refractivity contribution in [2.75, 3.05) is 6.54 Å². The number of rotatable bonds is 8. The third-order valence-corrected chi connectivity index (χ3v) is 6.59. The number of nitro groups is 1. The first-order valence-corrected chi connectivity index (χ1v) is 11.3. The Bertz CT molecular complexity index is 1310. The Labute approximate surface area is 180 Å². The van der Waals surface area contributed by atoms with E-state index in [0.717, 1.165) is 23.0 Å². The van der Waals surface area contributed by atoms with E-state index in [-0.39, 0.29) is 17.1 Å². The highest BCUT2D eigenvalue weighted by molar-refractivity contribution is 7.89. The molecule has 0 saturated heterocycles. The average molecular weight is 436 g/mol. The Morgan fingerprint density at radius 2 is 1.58 bits per heavy atom. The van der Waals surface area contributed by atoms with Crippen LogP contribution in [0.5, 0.6) is 0 Å². The van der Waals surface area contributed by atoms with Gasteiger partial charge in [0.25, 0.3) is 5.69 Å². The van der Waals surface area contributed by atoms with Crippen LogP contribution in [-0.4, -0.2) is 24.5 Å². The molecule has 0 bridgehead atoms. The summed E-state index contributed by atoms with van der Waals surface area (Å²) < 4.78 is 29.8. The minimum atomic E-state index is -3.75. The first-order chi connectivity index (χ1) is 14.9. The first kappa shape index (κ1) is 20.8. The van der Waals surface area contributed by atoms with Gasteiger partial charge < -0.3 is 4.57 Å². The maximum atomic E-state index is 12.5. The number of para-hydroxylation sites is 1. The van der Waals surface area contributed by atoms with E-state index in [1.165, 1.54) is 29.8 Å². The molecule has 0 unspecified atom stereocenters.